The number of piperidine rings is 1. The van der Waals surface area contributed by atoms with E-state index in [2.05, 4.69) is 19.2 Å². The van der Waals surface area contributed by atoms with Crippen LogP contribution in [0.1, 0.15) is 32.3 Å². The highest BCUT2D eigenvalue weighted by atomic mass is 16.5. The second-order valence-corrected chi connectivity index (χ2v) is 6.69. The van der Waals surface area contributed by atoms with Crippen LogP contribution in [0.2, 0.25) is 0 Å². The number of methoxy groups -OCH3 is 1. The van der Waals surface area contributed by atoms with E-state index in [-0.39, 0.29) is 11.8 Å². The van der Waals surface area contributed by atoms with Gasteiger partial charge in [0.15, 0.2) is 0 Å². The van der Waals surface area contributed by atoms with Crippen molar-refractivity contribution >= 4 is 5.91 Å². The first kappa shape index (κ1) is 16.8. The molecule has 1 aromatic rings. The second kappa shape index (κ2) is 8.18. The Bertz CT molecular complexity index is 462. The summed E-state index contributed by atoms with van der Waals surface area (Å²) in [6.07, 6.45) is 2.02. The highest BCUT2D eigenvalue weighted by Gasteiger charge is 2.27. The van der Waals surface area contributed by atoms with Gasteiger partial charge in [0.1, 0.15) is 5.75 Å². The Balaban J connectivity index is 1.73. The van der Waals surface area contributed by atoms with E-state index in [0.717, 1.165) is 43.2 Å². The predicted octanol–water partition coefficient (Wildman–Crippen LogP) is 1.26. The highest BCUT2D eigenvalue weighted by molar-refractivity contribution is 5.78. The lowest BCUT2D eigenvalue weighted by atomic mass is 9.95. The summed E-state index contributed by atoms with van der Waals surface area (Å²) < 4.78 is 5.14. The predicted molar refractivity (Wildman–Crippen MR) is 88.0 cm³/mol. The summed E-state index contributed by atoms with van der Waals surface area (Å²) in [5.41, 5.74) is 1.11. The van der Waals surface area contributed by atoms with Gasteiger partial charge in [0.05, 0.1) is 26.7 Å². The number of benzene rings is 1. The van der Waals surface area contributed by atoms with Crippen molar-refractivity contribution in [1.29, 1.82) is 0 Å². The molecule has 1 aromatic carbocycles. The van der Waals surface area contributed by atoms with Gasteiger partial charge < -0.3 is 15.0 Å². The molecule has 0 aromatic heterocycles. The van der Waals surface area contributed by atoms with E-state index in [0.29, 0.717) is 6.54 Å². The highest BCUT2D eigenvalue weighted by Crippen LogP contribution is 2.13. The molecule has 0 spiro atoms. The first-order chi connectivity index (χ1) is 10.6. The molecular formula is C18H29N2O2+. The van der Waals surface area contributed by atoms with Gasteiger partial charge in [0.25, 0.3) is 0 Å². The summed E-state index contributed by atoms with van der Waals surface area (Å²) in [6, 6.07) is 7.84. The van der Waals surface area contributed by atoms with Gasteiger partial charge in [-0.2, -0.15) is 0 Å². The Hall–Kier alpha value is -1.55. The minimum absolute atomic E-state index is 0.189. The Labute approximate surface area is 133 Å². The number of carbonyl (C=O) groups excluding carboxylic acids is 1. The van der Waals surface area contributed by atoms with Crippen LogP contribution in [0.4, 0.5) is 0 Å². The first-order valence-corrected chi connectivity index (χ1v) is 8.32. The molecule has 122 valence electrons. The van der Waals surface area contributed by atoms with Crippen molar-refractivity contribution in [3.8, 4) is 5.75 Å². The number of amides is 1. The minimum Gasteiger partial charge on any atom is -0.497 e. The lowest BCUT2D eigenvalue weighted by Gasteiger charge is -2.29. The van der Waals surface area contributed by atoms with Crippen LogP contribution >= 0.6 is 0 Å². The molecule has 1 fully saturated rings. The third kappa shape index (κ3) is 5.02. The fourth-order valence-electron chi connectivity index (χ4n) is 3.15. The summed E-state index contributed by atoms with van der Waals surface area (Å²) in [4.78, 5) is 13.9. The molecule has 0 radical (unpaired) electrons. The molecule has 22 heavy (non-hydrogen) atoms. The van der Waals surface area contributed by atoms with Crippen LogP contribution in [0.15, 0.2) is 24.3 Å². The number of hydrogen-bond acceptors (Lipinski definition) is 2. The van der Waals surface area contributed by atoms with E-state index in [1.54, 1.807) is 12.0 Å². The monoisotopic (exact) mass is 305 g/mol. The molecule has 0 atom stereocenters. The Kier molecular flexibility index (Phi) is 6.25. The summed E-state index contributed by atoms with van der Waals surface area (Å²) in [5, 5.41) is 3.07. The largest absolute Gasteiger partial charge is 0.497 e. The topological polar surface area (TPSA) is 42.8 Å². The van der Waals surface area contributed by atoms with Gasteiger partial charge in [-0.25, -0.2) is 0 Å². The van der Waals surface area contributed by atoms with E-state index in [4.69, 9.17) is 4.74 Å². The van der Waals surface area contributed by atoms with Gasteiger partial charge in [-0.3, -0.25) is 4.79 Å². The van der Waals surface area contributed by atoms with Crippen LogP contribution in [0.5, 0.6) is 5.75 Å². The molecule has 1 aliphatic heterocycles. The van der Waals surface area contributed by atoms with Crippen molar-refractivity contribution in [2.75, 3.05) is 26.7 Å². The third-order valence-electron chi connectivity index (χ3n) is 4.39. The molecule has 0 unspecified atom stereocenters. The van der Waals surface area contributed by atoms with E-state index >= 15 is 0 Å². The molecule has 2 rings (SSSR count). The zero-order valence-electron chi connectivity index (χ0n) is 14.0. The van der Waals surface area contributed by atoms with Crippen LogP contribution < -0.4 is 15.0 Å². The zero-order valence-corrected chi connectivity index (χ0v) is 14.0. The number of nitrogens with one attached hydrogen (secondary N) is 2. The Morgan fingerprint density at radius 1 is 1.27 bits per heavy atom. The quantitative estimate of drug-likeness (QED) is 0.831. The van der Waals surface area contributed by atoms with E-state index in [9.17, 15) is 4.79 Å². The fraction of sp³-hybridized carbons (Fsp3) is 0.611. The lowest BCUT2D eigenvalue weighted by Crippen LogP contribution is -3.13. The maximum atomic E-state index is 12.3. The minimum atomic E-state index is 0.189. The first-order valence-electron chi connectivity index (χ1n) is 8.32. The van der Waals surface area contributed by atoms with Crippen molar-refractivity contribution in [3.05, 3.63) is 29.8 Å². The third-order valence-corrected chi connectivity index (χ3v) is 4.39. The molecule has 4 heteroatoms. The molecule has 1 saturated heterocycles. The standard InChI is InChI=1S/C18H28N2O2/c1-14(2)13-20-10-8-16(9-11-20)18(21)19-12-15-4-6-17(22-3)7-5-15/h4-7,14,16H,8-13H2,1-3H3,(H,19,21)/p+1. The molecule has 0 aliphatic carbocycles. The van der Waals surface area contributed by atoms with Crippen molar-refractivity contribution in [2.24, 2.45) is 11.8 Å². The molecule has 1 aliphatic rings. The second-order valence-electron chi connectivity index (χ2n) is 6.69. The Morgan fingerprint density at radius 3 is 2.45 bits per heavy atom. The normalized spacial score (nSPS) is 21.6. The van der Waals surface area contributed by atoms with Gasteiger partial charge in [-0.15, -0.1) is 0 Å². The van der Waals surface area contributed by atoms with Crippen molar-refractivity contribution in [1.82, 2.24) is 5.32 Å². The number of ether oxygens (including phenoxy) is 1. The number of likely N-dealkylation sites (tertiary alicyclic amines) is 1. The zero-order chi connectivity index (χ0) is 15.9. The number of quaternary nitrogens is 1. The van der Waals surface area contributed by atoms with Crippen molar-refractivity contribution < 1.29 is 14.4 Å². The van der Waals surface area contributed by atoms with E-state index in [1.807, 2.05) is 24.3 Å². The van der Waals surface area contributed by atoms with Crippen molar-refractivity contribution in [2.45, 2.75) is 33.2 Å². The van der Waals surface area contributed by atoms with Gasteiger partial charge in [-0.05, 0) is 17.7 Å². The van der Waals surface area contributed by atoms with Gasteiger partial charge in [0, 0.05) is 31.2 Å². The molecule has 1 heterocycles. The average molecular weight is 305 g/mol. The van der Waals surface area contributed by atoms with Gasteiger partial charge in [0.2, 0.25) is 5.91 Å². The number of hydrogen-bond donors (Lipinski definition) is 2. The van der Waals surface area contributed by atoms with Crippen LogP contribution in [0.3, 0.4) is 0 Å². The molecule has 4 nitrogen and oxygen atoms in total. The molecule has 2 N–H and O–H groups in total. The average Bonchev–Trinajstić information content (AvgIpc) is 2.53. The van der Waals surface area contributed by atoms with Crippen LogP contribution in [-0.4, -0.2) is 32.7 Å². The summed E-state index contributed by atoms with van der Waals surface area (Å²) in [7, 11) is 1.66. The van der Waals surface area contributed by atoms with E-state index < -0.39 is 0 Å². The molecule has 0 bridgehead atoms. The SMILES string of the molecule is COc1ccc(CNC(=O)C2CC[NH+](CC(C)C)CC2)cc1. The molecular weight excluding hydrogens is 276 g/mol. The lowest BCUT2D eigenvalue weighted by molar-refractivity contribution is -0.908. The maximum absolute atomic E-state index is 12.3. The van der Waals surface area contributed by atoms with Crippen molar-refractivity contribution in [3.63, 3.8) is 0 Å². The smallest absolute Gasteiger partial charge is 0.223 e. The molecule has 1 amide bonds. The van der Waals surface area contributed by atoms with Crippen LogP contribution in [0.25, 0.3) is 0 Å². The van der Waals surface area contributed by atoms with Crippen LogP contribution in [-0.2, 0) is 11.3 Å². The number of carbonyl (C=O) groups is 1. The maximum Gasteiger partial charge on any atom is 0.223 e. The van der Waals surface area contributed by atoms with E-state index in [1.165, 1.54) is 6.54 Å². The van der Waals surface area contributed by atoms with Gasteiger partial charge in [-0.1, -0.05) is 26.0 Å². The summed E-state index contributed by atoms with van der Waals surface area (Å²) >= 11 is 0. The van der Waals surface area contributed by atoms with Crippen LogP contribution in [0, 0.1) is 11.8 Å². The fourth-order valence-corrected chi connectivity index (χ4v) is 3.15. The molecule has 0 saturated carbocycles. The van der Waals surface area contributed by atoms with Gasteiger partial charge >= 0.3 is 0 Å². The summed E-state index contributed by atoms with van der Waals surface area (Å²) in [6.45, 7) is 8.60. The summed E-state index contributed by atoms with van der Waals surface area (Å²) in [5.74, 6) is 1.97. The Morgan fingerprint density at radius 2 is 1.91 bits per heavy atom. The number of rotatable bonds is 6.